The minimum atomic E-state index is 0.0538. The summed E-state index contributed by atoms with van der Waals surface area (Å²) in [5.41, 5.74) is 7.22. The van der Waals surface area contributed by atoms with Gasteiger partial charge in [-0.15, -0.1) is 0 Å². The molecule has 2 aromatic heterocycles. The molecule has 1 N–H and O–H groups in total. The molecule has 0 fully saturated rings. The molecule has 3 heterocycles. The maximum atomic E-state index is 9.87. The van der Waals surface area contributed by atoms with Gasteiger partial charge in [-0.3, -0.25) is 4.98 Å². The van der Waals surface area contributed by atoms with E-state index in [9.17, 15) is 5.11 Å². The number of nitrogens with zero attached hydrogens (tertiary/aromatic N) is 3. The lowest BCUT2D eigenvalue weighted by Crippen LogP contribution is -2.26. The minimum absolute atomic E-state index is 0.0538. The standard InChI is InChI=1S/C21H23N3O/c1-15(16-6-9-22-10-7-16)12-24-20-8-11-23(2)13-19(20)18-5-3-4-17(14-25)21(18)24/h3-7,9-10,12,25H,8,11,13-14H2,1-2H3/b15-12+. The number of likely N-dealkylation sites (N-methyl/N-ethyl adjacent to an activating group) is 1. The molecule has 0 radical (unpaired) electrons. The Morgan fingerprint density at radius 2 is 2.04 bits per heavy atom. The third-order valence-electron chi connectivity index (χ3n) is 5.11. The highest BCUT2D eigenvalue weighted by Crippen LogP contribution is 2.34. The smallest absolute Gasteiger partial charge is 0.0702 e. The summed E-state index contributed by atoms with van der Waals surface area (Å²) in [5.74, 6) is 0. The van der Waals surface area contributed by atoms with Crippen LogP contribution in [0.1, 0.15) is 29.3 Å². The highest BCUT2D eigenvalue weighted by Gasteiger charge is 2.23. The van der Waals surface area contributed by atoms with Crippen molar-refractivity contribution >= 4 is 22.7 Å². The molecular formula is C21H23N3O. The highest BCUT2D eigenvalue weighted by atomic mass is 16.3. The molecule has 25 heavy (non-hydrogen) atoms. The summed E-state index contributed by atoms with van der Waals surface area (Å²) in [7, 11) is 2.17. The summed E-state index contributed by atoms with van der Waals surface area (Å²) in [6.07, 6.45) is 6.88. The number of aromatic nitrogens is 2. The van der Waals surface area contributed by atoms with Gasteiger partial charge < -0.3 is 14.6 Å². The molecule has 0 unspecified atom stereocenters. The summed E-state index contributed by atoms with van der Waals surface area (Å²) in [4.78, 5) is 6.47. The number of para-hydroxylation sites is 1. The van der Waals surface area contributed by atoms with Crippen molar-refractivity contribution in [1.29, 1.82) is 0 Å². The molecule has 0 aliphatic carbocycles. The Hall–Kier alpha value is -2.43. The summed E-state index contributed by atoms with van der Waals surface area (Å²) in [6, 6.07) is 10.3. The molecule has 3 aromatic rings. The zero-order chi connectivity index (χ0) is 17.4. The lowest BCUT2D eigenvalue weighted by atomic mass is 10.0. The second-order valence-corrected chi connectivity index (χ2v) is 6.80. The SMILES string of the molecule is C/C(=C\n1c2c(c3cccc(CO)c31)CN(C)CC2)c1ccncc1. The van der Waals surface area contributed by atoms with Crippen LogP contribution in [0.25, 0.3) is 22.7 Å². The van der Waals surface area contributed by atoms with E-state index >= 15 is 0 Å². The molecule has 1 aliphatic heterocycles. The number of benzene rings is 1. The van der Waals surface area contributed by atoms with Crippen molar-refractivity contribution in [2.75, 3.05) is 13.6 Å². The van der Waals surface area contributed by atoms with Crippen LogP contribution in [0.15, 0.2) is 42.7 Å². The van der Waals surface area contributed by atoms with Gasteiger partial charge in [0.05, 0.1) is 12.1 Å². The van der Waals surface area contributed by atoms with E-state index in [4.69, 9.17) is 0 Å². The molecule has 0 saturated carbocycles. The maximum absolute atomic E-state index is 9.87. The van der Waals surface area contributed by atoms with E-state index in [1.54, 1.807) is 0 Å². The van der Waals surface area contributed by atoms with E-state index < -0.39 is 0 Å². The molecule has 0 bridgehead atoms. The number of hydrogen-bond donors (Lipinski definition) is 1. The van der Waals surface area contributed by atoms with Gasteiger partial charge in [0, 0.05) is 54.7 Å². The average molecular weight is 333 g/mol. The first kappa shape index (κ1) is 16.1. The molecule has 1 aromatic carbocycles. The molecule has 4 heteroatoms. The predicted octanol–water partition coefficient (Wildman–Crippen LogP) is 3.53. The van der Waals surface area contributed by atoms with E-state index in [0.29, 0.717) is 0 Å². The van der Waals surface area contributed by atoms with Gasteiger partial charge in [-0.25, -0.2) is 0 Å². The lowest BCUT2D eigenvalue weighted by Gasteiger charge is -2.23. The first-order valence-corrected chi connectivity index (χ1v) is 8.71. The van der Waals surface area contributed by atoms with Crippen LogP contribution in [0, 0.1) is 0 Å². The van der Waals surface area contributed by atoms with Crippen LogP contribution in [-0.2, 0) is 19.6 Å². The van der Waals surface area contributed by atoms with Gasteiger partial charge in [0.25, 0.3) is 0 Å². The van der Waals surface area contributed by atoms with E-state index in [1.165, 1.54) is 27.8 Å². The Bertz CT molecular complexity index is 941. The monoisotopic (exact) mass is 333 g/mol. The predicted molar refractivity (Wildman–Crippen MR) is 102 cm³/mol. The van der Waals surface area contributed by atoms with Crippen molar-refractivity contribution in [1.82, 2.24) is 14.5 Å². The van der Waals surface area contributed by atoms with Crippen LogP contribution in [-0.4, -0.2) is 33.1 Å². The van der Waals surface area contributed by atoms with E-state index in [-0.39, 0.29) is 6.61 Å². The average Bonchev–Trinajstić information content (AvgIpc) is 2.95. The normalized spacial score (nSPS) is 15.6. The molecule has 4 nitrogen and oxygen atoms in total. The molecule has 0 atom stereocenters. The Morgan fingerprint density at radius 1 is 1.24 bits per heavy atom. The van der Waals surface area contributed by atoms with Crippen molar-refractivity contribution in [2.24, 2.45) is 0 Å². The van der Waals surface area contributed by atoms with Crippen LogP contribution in [0.5, 0.6) is 0 Å². The summed E-state index contributed by atoms with van der Waals surface area (Å²) < 4.78 is 2.30. The van der Waals surface area contributed by atoms with Gasteiger partial charge in [0.15, 0.2) is 0 Å². The Labute approximate surface area is 148 Å². The van der Waals surface area contributed by atoms with E-state index in [1.807, 2.05) is 36.7 Å². The third-order valence-corrected chi connectivity index (χ3v) is 5.11. The number of aliphatic hydroxyl groups is 1. The zero-order valence-corrected chi connectivity index (χ0v) is 14.7. The quantitative estimate of drug-likeness (QED) is 0.797. The number of aliphatic hydroxyl groups excluding tert-OH is 1. The van der Waals surface area contributed by atoms with Crippen molar-refractivity contribution in [2.45, 2.75) is 26.5 Å². The highest BCUT2D eigenvalue weighted by molar-refractivity contribution is 5.92. The first-order valence-electron chi connectivity index (χ1n) is 8.71. The van der Waals surface area contributed by atoms with Gasteiger partial charge in [-0.05, 0) is 42.8 Å². The zero-order valence-electron chi connectivity index (χ0n) is 14.7. The van der Waals surface area contributed by atoms with Crippen molar-refractivity contribution in [3.05, 3.63) is 65.1 Å². The number of fused-ring (bicyclic) bond motifs is 3. The molecule has 1 aliphatic rings. The topological polar surface area (TPSA) is 41.3 Å². The van der Waals surface area contributed by atoms with Crippen LogP contribution in [0.4, 0.5) is 0 Å². The van der Waals surface area contributed by atoms with Crippen LogP contribution < -0.4 is 0 Å². The van der Waals surface area contributed by atoms with Crippen LogP contribution >= 0.6 is 0 Å². The number of allylic oxidation sites excluding steroid dienone is 1. The van der Waals surface area contributed by atoms with Crippen molar-refractivity contribution < 1.29 is 5.11 Å². The Balaban J connectivity index is 1.97. The van der Waals surface area contributed by atoms with E-state index in [2.05, 4.69) is 40.7 Å². The first-order chi connectivity index (χ1) is 12.2. The summed E-state index contributed by atoms with van der Waals surface area (Å²) >= 11 is 0. The molecule has 0 saturated heterocycles. The summed E-state index contributed by atoms with van der Waals surface area (Å²) in [6.45, 7) is 4.19. The van der Waals surface area contributed by atoms with Gasteiger partial charge in [-0.1, -0.05) is 18.2 Å². The maximum Gasteiger partial charge on any atom is 0.0702 e. The van der Waals surface area contributed by atoms with Crippen molar-refractivity contribution in [3.8, 4) is 0 Å². The molecular weight excluding hydrogens is 310 g/mol. The Kier molecular flexibility index (Phi) is 4.15. The molecule has 0 amide bonds. The van der Waals surface area contributed by atoms with Gasteiger partial charge in [0.2, 0.25) is 0 Å². The van der Waals surface area contributed by atoms with Crippen LogP contribution in [0.3, 0.4) is 0 Å². The second kappa shape index (κ2) is 6.47. The molecule has 4 rings (SSSR count). The molecule has 128 valence electrons. The van der Waals surface area contributed by atoms with Gasteiger partial charge in [0.1, 0.15) is 0 Å². The van der Waals surface area contributed by atoms with Crippen LogP contribution in [0.2, 0.25) is 0 Å². The molecule has 0 spiro atoms. The van der Waals surface area contributed by atoms with Crippen molar-refractivity contribution in [3.63, 3.8) is 0 Å². The second-order valence-electron chi connectivity index (χ2n) is 6.80. The lowest BCUT2D eigenvalue weighted by molar-refractivity contribution is 0.283. The minimum Gasteiger partial charge on any atom is -0.392 e. The van der Waals surface area contributed by atoms with Gasteiger partial charge >= 0.3 is 0 Å². The largest absolute Gasteiger partial charge is 0.392 e. The summed E-state index contributed by atoms with van der Waals surface area (Å²) in [5, 5.41) is 11.1. The fourth-order valence-electron chi connectivity index (χ4n) is 3.80. The Morgan fingerprint density at radius 3 is 2.80 bits per heavy atom. The number of pyridine rings is 1. The fourth-order valence-corrected chi connectivity index (χ4v) is 3.80. The van der Waals surface area contributed by atoms with Gasteiger partial charge in [-0.2, -0.15) is 0 Å². The van der Waals surface area contributed by atoms with E-state index in [0.717, 1.165) is 30.6 Å². The third kappa shape index (κ3) is 2.77. The number of rotatable bonds is 3. The number of hydrogen-bond acceptors (Lipinski definition) is 3. The fraction of sp³-hybridized carbons (Fsp3) is 0.286.